The summed E-state index contributed by atoms with van der Waals surface area (Å²) in [4.78, 5) is 27.3. The number of carboxylic acid groups (broad SMARTS) is 1. The van der Waals surface area contributed by atoms with Crippen molar-refractivity contribution in [2.75, 3.05) is 5.75 Å². The smallest absolute Gasteiger partial charge is 0.327 e. The lowest BCUT2D eigenvalue weighted by atomic mass is 9.86. The molecule has 1 unspecified atom stereocenters. The lowest BCUT2D eigenvalue weighted by molar-refractivity contribution is -0.384. The van der Waals surface area contributed by atoms with Crippen molar-refractivity contribution in [1.29, 1.82) is 0 Å². The van der Waals surface area contributed by atoms with Gasteiger partial charge in [-0.3, -0.25) is 10.1 Å². The van der Waals surface area contributed by atoms with Crippen LogP contribution >= 0.6 is 11.8 Å². The Bertz CT molecular complexity index is 1100. The maximum Gasteiger partial charge on any atom is 0.327 e. The Hall–Kier alpha value is -3.07. The Kier molecular flexibility index (Phi) is 6.02. The number of para-hydroxylation sites is 1. The number of nitrogens with zero attached hydrogens (tertiary/aromatic N) is 3. The summed E-state index contributed by atoms with van der Waals surface area (Å²) in [6.45, 7) is 5.50. The normalized spacial score (nSPS) is 12.8. The SMILES string of the molecule is CC(C)(C)C(C(=O)O)n1c(SCCc2ccccc2O)nc2cc([N+](=O)[O-])ccc21. The zero-order valence-electron chi connectivity index (χ0n) is 16.9. The fourth-order valence-corrected chi connectivity index (χ4v) is 4.38. The van der Waals surface area contributed by atoms with Crippen molar-refractivity contribution in [1.82, 2.24) is 9.55 Å². The first-order valence-electron chi connectivity index (χ1n) is 9.38. The van der Waals surface area contributed by atoms with Crippen LogP contribution in [-0.4, -0.2) is 36.4 Å². The van der Waals surface area contributed by atoms with Crippen molar-refractivity contribution in [2.45, 2.75) is 38.4 Å². The third-order valence-electron chi connectivity index (χ3n) is 4.76. The molecule has 2 N–H and O–H groups in total. The summed E-state index contributed by atoms with van der Waals surface area (Å²) in [7, 11) is 0. The van der Waals surface area contributed by atoms with Gasteiger partial charge in [0, 0.05) is 17.9 Å². The van der Waals surface area contributed by atoms with Gasteiger partial charge in [-0.05, 0) is 29.5 Å². The maximum absolute atomic E-state index is 12.2. The van der Waals surface area contributed by atoms with Gasteiger partial charge in [-0.1, -0.05) is 50.7 Å². The second-order valence-corrected chi connectivity index (χ2v) is 9.09. The predicted octanol–water partition coefficient (Wildman–Crippen LogP) is 4.66. The number of hydrogen-bond donors (Lipinski definition) is 2. The molecule has 0 bridgehead atoms. The van der Waals surface area contributed by atoms with Gasteiger partial charge in [-0.2, -0.15) is 0 Å². The van der Waals surface area contributed by atoms with Gasteiger partial charge in [0.1, 0.15) is 11.8 Å². The van der Waals surface area contributed by atoms with E-state index in [2.05, 4.69) is 4.98 Å². The molecular formula is C21H23N3O5S. The minimum atomic E-state index is -0.997. The quantitative estimate of drug-likeness (QED) is 0.318. The number of aromatic nitrogens is 2. The van der Waals surface area contributed by atoms with Crippen LogP contribution in [0.2, 0.25) is 0 Å². The van der Waals surface area contributed by atoms with Gasteiger partial charge in [-0.15, -0.1) is 0 Å². The fraction of sp³-hybridized carbons (Fsp3) is 0.333. The molecule has 9 heteroatoms. The number of carbonyl (C=O) groups is 1. The highest BCUT2D eigenvalue weighted by atomic mass is 32.2. The average Bonchev–Trinajstić information content (AvgIpc) is 2.99. The molecule has 8 nitrogen and oxygen atoms in total. The third-order valence-corrected chi connectivity index (χ3v) is 5.71. The summed E-state index contributed by atoms with van der Waals surface area (Å²) in [5.74, 6) is -0.234. The van der Waals surface area contributed by atoms with Crippen LogP contribution in [0.15, 0.2) is 47.6 Å². The highest BCUT2D eigenvalue weighted by molar-refractivity contribution is 7.99. The van der Waals surface area contributed by atoms with Gasteiger partial charge in [-0.25, -0.2) is 9.78 Å². The number of benzene rings is 2. The zero-order valence-corrected chi connectivity index (χ0v) is 17.7. The van der Waals surface area contributed by atoms with E-state index < -0.39 is 22.3 Å². The van der Waals surface area contributed by atoms with E-state index in [1.54, 1.807) is 22.8 Å². The molecule has 158 valence electrons. The fourth-order valence-electron chi connectivity index (χ4n) is 3.37. The van der Waals surface area contributed by atoms with Crippen LogP contribution in [0.4, 0.5) is 5.69 Å². The molecule has 0 aliphatic carbocycles. The van der Waals surface area contributed by atoms with Gasteiger partial charge in [0.05, 0.1) is 16.0 Å². The van der Waals surface area contributed by atoms with Crippen molar-refractivity contribution in [3.8, 4) is 5.75 Å². The monoisotopic (exact) mass is 429 g/mol. The number of nitro benzene ring substituents is 1. The molecule has 0 saturated heterocycles. The standard InChI is InChI=1S/C21H23N3O5S/c1-21(2,3)18(19(26)27)23-16-9-8-14(24(28)29)12-15(16)22-20(23)30-11-10-13-6-4-5-7-17(13)25/h4-9,12,18,25H,10-11H2,1-3H3,(H,26,27). The summed E-state index contributed by atoms with van der Waals surface area (Å²) in [6.07, 6.45) is 0.563. The first-order valence-corrected chi connectivity index (χ1v) is 10.4. The molecule has 0 saturated carbocycles. The number of hydrogen-bond acceptors (Lipinski definition) is 6. The largest absolute Gasteiger partial charge is 0.508 e. The second-order valence-electron chi connectivity index (χ2n) is 8.03. The number of nitro groups is 1. The van der Waals surface area contributed by atoms with Crippen molar-refractivity contribution in [2.24, 2.45) is 5.41 Å². The van der Waals surface area contributed by atoms with E-state index in [4.69, 9.17) is 0 Å². The first kappa shape index (κ1) is 21.6. The molecule has 1 atom stereocenters. The van der Waals surface area contributed by atoms with Crippen molar-refractivity contribution < 1.29 is 19.9 Å². The summed E-state index contributed by atoms with van der Waals surface area (Å²) < 4.78 is 1.65. The second kappa shape index (κ2) is 8.35. The number of imidazole rings is 1. The van der Waals surface area contributed by atoms with Gasteiger partial charge in [0.25, 0.3) is 5.69 Å². The average molecular weight is 429 g/mol. The van der Waals surface area contributed by atoms with Crippen LogP contribution in [0, 0.1) is 15.5 Å². The lowest BCUT2D eigenvalue weighted by Gasteiger charge is -2.29. The van der Waals surface area contributed by atoms with E-state index in [1.165, 1.54) is 23.9 Å². The number of phenolic OH excluding ortho intramolecular Hbond substituents is 1. The lowest BCUT2D eigenvalue weighted by Crippen LogP contribution is -2.32. The van der Waals surface area contributed by atoms with Crippen molar-refractivity contribution in [3.05, 3.63) is 58.1 Å². The first-order chi connectivity index (χ1) is 14.1. The van der Waals surface area contributed by atoms with E-state index in [9.17, 15) is 25.1 Å². The number of fused-ring (bicyclic) bond motifs is 1. The molecule has 0 radical (unpaired) electrons. The van der Waals surface area contributed by atoms with Crippen LogP contribution in [0.25, 0.3) is 11.0 Å². The van der Waals surface area contributed by atoms with Gasteiger partial charge >= 0.3 is 5.97 Å². The molecule has 0 fully saturated rings. The summed E-state index contributed by atoms with van der Waals surface area (Å²) in [5, 5.41) is 31.5. The molecule has 2 aromatic carbocycles. The zero-order chi connectivity index (χ0) is 22.1. The molecule has 0 aliphatic rings. The number of carboxylic acids is 1. The topological polar surface area (TPSA) is 118 Å². The Morgan fingerprint density at radius 2 is 1.97 bits per heavy atom. The number of phenols is 1. The molecule has 1 aromatic heterocycles. The maximum atomic E-state index is 12.2. The molecule has 0 spiro atoms. The molecule has 0 amide bonds. The molecule has 3 rings (SSSR count). The Morgan fingerprint density at radius 1 is 1.27 bits per heavy atom. The number of thioether (sulfide) groups is 1. The summed E-state index contributed by atoms with van der Waals surface area (Å²) >= 11 is 1.36. The Labute approximate surface area is 177 Å². The van der Waals surface area contributed by atoms with Crippen molar-refractivity contribution >= 4 is 34.5 Å². The predicted molar refractivity (Wildman–Crippen MR) is 115 cm³/mol. The molecular weight excluding hydrogens is 406 g/mol. The van der Waals surface area contributed by atoms with Gasteiger partial charge in [0.2, 0.25) is 0 Å². The van der Waals surface area contributed by atoms with Crippen LogP contribution in [-0.2, 0) is 11.2 Å². The Balaban J connectivity index is 2.03. The molecule has 3 aromatic rings. The van der Waals surface area contributed by atoms with E-state index in [1.807, 2.05) is 32.9 Å². The van der Waals surface area contributed by atoms with Gasteiger partial charge < -0.3 is 14.8 Å². The van der Waals surface area contributed by atoms with Crippen LogP contribution in [0.5, 0.6) is 5.75 Å². The molecule has 30 heavy (non-hydrogen) atoms. The van der Waals surface area contributed by atoms with Gasteiger partial charge in [0.15, 0.2) is 5.16 Å². The number of aliphatic carboxylic acids is 1. The summed E-state index contributed by atoms with van der Waals surface area (Å²) in [6, 6.07) is 10.4. The molecule has 0 aliphatic heterocycles. The summed E-state index contributed by atoms with van der Waals surface area (Å²) in [5.41, 5.74) is 0.987. The minimum Gasteiger partial charge on any atom is -0.508 e. The van der Waals surface area contributed by atoms with E-state index >= 15 is 0 Å². The Morgan fingerprint density at radius 3 is 2.57 bits per heavy atom. The number of rotatable bonds is 7. The van der Waals surface area contributed by atoms with E-state index in [0.717, 1.165) is 5.56 Å². The molecule has 1 heterocycles. The minimum absolute atomic E-state index is 0.0967. The highest BCUT2D eigenvalue weighted by Gasteiger charge is 2.36. The number of aromatic hydroxyl groups is 1. The van der Waals surface area contributed by atoms with Crippen LogP contribution < -0.4 is 0 Å². The van der Waals surface area contributed by atoms with Crippen LogP contribution in [0.3, 0.4) is 0 Å². The van der Waals surface area contributed by atoms with Crippen molar-refractivity contribution in [3.63, 3.8) is 0 Å². The van der Waals surface area contributed by atoms with E-state index in [-0.39, 0.29) is 11.4 Å². The highest BCUT2D eigenvalue weighted by Crippen LogP contribution is 2.38. The van der Waals surface area contributed by atoms with Crippen LogP contribution in [0.1, 0.15) is 32.4 Å². The number of aryl methyl sites for hydroxylation is 1. The third kappa shape index (κ3) is 4.40. The number of non-ortho nitro benzene ring substituents is 1. The van der Waals surface area contributed by atoms with E-state index in [0.29, 0.717) is 28.4 Å².